The van der Waals surface area contributed by atoms with Crippen molar-refractivity contribution < 1.29 is 23.8 Å². The number of carboxylic acids is 1. The van der Waals surface area contributed by atoms with Crippen LogP contribution in [0.2, 0.25) is 0 Å². The van der Waals surface area contributed by atoms with Gasteiger partial charge < -0.3 is 20.5 Å². The molecule has 0 saturated heterocycles. The molecule has 1 fully saturated rings. The number of carbonyl (C=O) groups excluding carboxylic acids is 1. The standard InChI is InChI=1S/C24H25FN6O4/c1-14(28-22(34)35-23(2,3)4)5-6-18-17(11-15(25)12-26-18)24(8-9-24)30-19-7-10-31-20(29-19)16(13-27-31)21(32)33/h7,10-14H,8-9H2,1-4H3,(H,28,34)(H,29,30)(H,32,33). The number of rotatable bonds is 5. The summed E-state index contributed by atoms with van der Waals surface area (Å²) in [6.07, 6.45) is 4.69. The molecule has 0 radical (unpaired) electrons. The zero-order chi connectivity index (χ0) is 25.4. The molecule has 0 spiro atoms. The first-order chi connectivity index (χ1) is 16.5. The number of alkyl carbamates (subject to hydrolysis) is 1. The highest BCUT2D eigenvalue weighted by Gasteiger charge is 2.46. The lowest BCUT2D eigenvalue weighted by Gasteiger charge is -2.21. The van der Waals surface area contributed by atoms with Crippen LogP contribution in [-0.4, -0.2) is 48.4 Å². The van der Waals surface area contributed by atoms with Crippen LogP contribution in [0.4, 0.5) is 15.0 Å². The van der Waals surface area contributed by atoms with Gasteiger partial charge in [-0.05, 0) is 58.6 Å². The van der Waals surface area contributed by atoms with Crippen molar-refractivity contribution >= 4 is 23.5 Å². The number of amides is 1. The summed E-state index contributed by atoms with van der Waals surface area (Å²) >= 11 is 0. The maximum absolute atomic E-state index is 14.2. The molecule has 11 heteroatoms. The second kappa shape index (κ2) is 8.87. The Morgan fingerprint density at radius 3 is 2.71 bits per heavy atom. The van der Waals surface area contributed by atoms with E-state index in [1.807, 2.05) is 0 Å². The monoisotopic (exact) mass is 480 g/mol. The molecule has 1 aliphatic carbocycles. The Bertz CT molecular complexity index is 1360. The topological polar surface area (TPSA) is 131 Å². The first-order valence-corrected chi connectivity index (χ1v) is 11.0. The van der Waals surface area contributed by atoms with Gasteiger partial charge in [0.1, 0.15) is 28.5 Å². The fraction of sp³-hybridized carbons (Fsp3) is 0.375. The molecule has 3 N–H and O–H groups in total. The molecule has 1 amide bonds. The highest BCUT2D eigenvalue weighted by atomic mass is 19.1. The van der Waals surface area contributed by atoms with Crippen molar-refractivity contribution in [3.8, 4) is 11.8 Å². The Morgan fingerprint density at radius 1 is 1.31 bits per heavy atom. The smallest absolute Gasteiger partial charge is 0.408 e. The minimum atomic E-state index is -1.13. The summed E-state index contributed by atoms with van der Waals surface area (Å²) in [5.41, 5.74) is -0.197. The molecule has 1 unspecified atom stereocenters. The van der Waals surface area contributed by atoms with Gasteiger partial charge in [0, 0.05) is 11.8 Å². The van der Waals surface area contributed by atoms with Crippen molar-refractivity contribution in [2.75, 3.05) is 5.32 Å². The van der Waals surface area contributed by atoms with Crippen LogP contribution in [0.1, 0.15) is 62.2 Å². The number of ether oxygens (including phenoxy) is 1. The molecule has 0 bridgehead atoms. The Hall–Kier alpha value is -4.20. The number of hydrogen-bond acceptors (Lipinski definition) is 7. The fourth-order valence-corrected chi connectivity index (χ4v) is 3.52. The van der Waals surface area contributed by atoms with Crippen molar-refractivity contribution in [1.29, 1.82) is 0 Å². The van der Waals surface area contributed by atoms with Gasteiger partial charge in [-0.2, -0.15) is 5.10 Å². The number of carboxylic acid groups (broad SMARTS) is 1. The molecular weight excluding hydrogens is 455 g/mol. The van der Waals surface area contributed by atoms with Gasteiger partial charge in [0.2, 0.25) is 0 Å². The summed E-state index contributed by atoms with van der Waals surface area (Å²) in [6, 6.07) is 2.51. The predicted octanol–water partition coefficient (Wildman–Crippen LogP) is 3.33. The number of halogens is 1. The average molecular weight is 481 g/mol. The number of fused-ring (bicyclic) bond motifs is 1. The largest absolute Gasteiger partial charge is 0.477 e. The van der Waals surface area contributed by atoms with Gasteiger partial charge in [-0.15, -0.1) is 0 Å². The number of nitrogens with one attached hydrogen (secondary N) is 2. The summed E-state index contributed by atoms with van der Waals surface area (Å²) in [6.45, 7) is 7.00. The zero-order valence-electron chi connectivity index (χ0n) is 19.7. The summed E-state index contributed by atoms with van der Waals surface area (Å²) in [5.74, 6) is 4.63. The lowest BCUT2D eigenvalue weighted by molar-refractivity contribution is 0.0519. The third kappa shape index (κ3) is 5.48. The van der Waals surface area contributed by atoms with Crippen LogP contribution >= 0.6 is 0 Å². The SMILES string of the molecule is CC(C#Cc1ncc(F)cc1C1(Nc2ccn3ncc(C(=O)O)c3n2)CC1)NC(=O)OC(C)(C)C. The number of carbonyl (C=O) groups is 2. The van der Waals surface area contributed by atoms with Crippen LogP contribution in [0.5, 0.6) is 0 Å². The Kier molecular flexibility index (Phi) is 6.06. The molecule has 3 heterocycles. The third-order valence-electron chi connectivity index (χ3n) is 5.23. The van der Waals surface area contributed by atoms with E-state index in [9.17, 15) is 19.1 Å². The Balaban J connectivity index is 1.58. The lowest BCUT2D eigenvalue weighted by atomic mass is 10.0. The molecule has 1 atom stereocenters. The molecule has 4 rings (SSSR count). The van der Waals surface area contributed by atoms with Crippen molar-refractivity contribution in [1.82, 2.24) is 24.9 Å². The van der Waals surface area contributed by atoms with Crippen LogP contribution in [0.15, 0.2) is 30.7 Å². The first-order valence-electron chi connectivity index (χ1n) is 11.0. The summed E-state index contributed by atoms with van der Waals surface area (Å²) in [4.78, 5) is 32.0. The molecule has 0 aliphatic heterocycles. The van der Waals surface area contributed by atoms with E-state index in [1.54, 1.807) is 40.0 Å². The first kappa shape index (κ1) is 23.9. The van der Waals surface area contributed by atoms with Gasteiger partial charge in [-0.3, -0.25) is 0 Å². The maximum atomic E-state index is 14.2. The number of aromatic carboxylic acids is 1. The van der Waals surface area contributed by atoms with Crippen LogP contribution < -0.4 is 10.6 Å². The Morgan fingerprint density at radius 2 is 2.06 bits per heavy atom. The van der Waals surface area contributed by atoms with E-state index in [1.165, 1.54) is 16.8 Å². The van der Waals surface area contributed by atoms with Crippen molar-refractivity contribution in [2.24, 2.45) is 0 Å². The molecule has 3 aromatic heterocycles. The quantitative estimate of drug-likeness (QED) is 0.474. The van der Waals surface area contributed by atoms with Gasteiger partial charge in [0.25, 0.3) is 0 Å². The van der Waals surface area contributed by atoms with Crippen molar-refractivity contribution in [3.05, 3.63) is 53.4 Å². The van der Waals surface area contributed by atoms with Crippen molar-refractivity contribution in [2.45, 2.75) is 57.7 Å². The van der Waals surface area contributed by atoms with E-state index in [2.05, 4.69) is 37.5 Å². The van der Waals surface area contributed by atoms with E-state index in [0.29, 0.717) is 29.9 Å². The van der Waals surface area contributed by atoms with E-state index < -0.39 is 35.1 Å². The molecule has 1 saturated carbocycles. The van der Waals surface area contributed by atoms with Gasteiger partial charge in [-0.25, -0.2) is 28.5 Å². The number of aromatic nitrogens is 4. The van der Waals surface area contributed by atoms with E-state index >= 15 is 0 Å². The van der Waals surface area contributed by atoms with Gasteiger partial charge >= 0.3 is 12.1 Å². The molecule has 3 aromatic rings. The highest BCUT2D eigenvalue weighted by Crippen LogP contribution is 2.49. The van der Waals surface area contributed by atoms with Crippen LogP contribution in [-0.2, 0) is 10.3 Å². The van der Waals surface area contributed by atoms with E-state index in [0.717, 1.165) is 6.20 Å². The normalized spacial score (nSPS) is 15.0. The van der Waals surface area contributed by atoms with Crippen molar-refractivity contribution in [3.63, 3.8) is 0 Å². The Labute approximate surface area is 200 Å². The highest BCUT2D eigenvalue weighted by molar-refractivity contribution is 5.94. The summed E-state index contributed by atoms with van der Waals surface area (Å²) in [5, 5.41) is 19.3. The molecule has 0 aromatic carbocycles. The fourth-order valence-electron chi connectivity index (χ4n) is 3.52. The second-order valence-electron chi connectivity index (χ2n) is 9.34. The maximum Gasteiger partial charge on any atom is 0.408 e. The summed E-state index contributed by atoms with van der Waals surface area (Å²) in [7, 11) is 0. The van der Waals surface area contributed by atoms with Gasteiger partial charge in [-0.1, -0.05) is 5.92 Å². The molecule has 35 heavy (non-hydrogen) atoms. The van der Waals surface area contributed by atoms with E-state index in [-0.39, 0.29) is 11.2 Å². The molecule has 10 nitrogen and oxygen atoms in total. The number of hydrogen-bond donors (Lipinski definition) is 3. The van der Waals surface area contributed by atoms with E-state index in [4.69, 9.17) is 4.74 Å². The predicted molar refractivity (Wildman–Crippen MR) is 124 cm³/mol. The minimum Gasteiger partial charge on any atom is -0.477 e. The zero-order valence-corrected chi connectivity index (χ0v) is 19.7. The number of pyridine rings is 1. The lowest BCUT2D eigenvalue weighted by Crippen LogP contribution is -2.37. The molecule has 1 aliphatic rings. The summed E-state index contributed by atoms with van der Waals surface area (Å²) < 4.78 is 20.8. The van der Waals surface area contributed by atoms with Crippen LogP contribution in [0, 0.1) is 17.7 Å². The molecule has 182 valence electrons. The molecular formula is C24H25FN6O4. The van der Waals surface area contributed by atoms with Crippen LogP contribution in [0.25, 0.3) is 5.65 Å². The average Bonchev–Trinajstić information content (AvgIpc) is 3.40. The number of anilines is 1. The van der Waals surface area contributed by atoms with Gasteiger partial charge in [0.05, 0.1) is 24.0 Å². The van der Waals surface area contributed by atoms with Gasteiger partial charge in [0.15, 0.2) is 5.65 Å². The third-order valence-corrected chi connectivity index (χ3v) is 5.23. The number of nitrogens with zero attached hydrogens (tertiary/aromatic N) is 4. The minimum absolute atomic E-state index is 0.0241. The van der Waals surface area contributed by atoms with Crippen LogP contribution in [0.3, 0.4) is 0 Å². The second-order valence-corrected chi connectivity index (χ2v) is 9.34.